The van der Waals surface area contributed by atoms with Gasteiger partial charge in [0.25, 0.3) is 0 Å². The Morgan fingerprint density at radius 3 is 1.37 bits per heavy atom. The van der Waals surface area contributed by atoms with Gasteiger partial charge >= 0.3 is 0 Å². The minimum atomic E-state index is -0.585. The number of hydrogen-bond donors (Lipinski definition) is 0. The van der Waals surface area contributed by atoms with Crippen LogP contribution < -0.4 is 0 Å². The van der Waals surface area contributed by atoms with Gasteiger partial charge in [0.2, 0.25) is 0 Å². The zero-order chi connectivity index (χ0) is 42.2. The normalized spacial score (nSPS) is 11.6. The number of aryl methyl sites for hydroxylation is 1. The summed E-state index contributed by atoms with van der Waals surface area (Å²) in [5.41, 5.74) is 13.6. The van der Waals surface area contributed by atoms with Gasteiger partial charge < -0.3 is 4.57 Å². The highest BCUT2D eigenvalue weighted by Crippen LogP contribution is 2.47. The van der Waals surface area contributed by atoms with Gasteiger partial charge in [0.05, 0.1) is 22.1 Å². The monoisotopic (exact) mass is 806 g/mol. The summed E-state index contributed by atoms with van der Waals surface area (Å²) in [5, 5.41) is 2.42. The Balaban J connectivity index is 1.20. The van der Waals surface area contributed by atoms with Crippen molar-refractivity contribution in [2.75, 3.05) is 0 Å². The summed E-state index contributed by atoms with van der Waals surface area (Å²) in [6, 6.07) is 84.2. The third-order valence-corrected chi connectivity index (χ3v) is 12.3. The van der Waals surface area contributed by atoms with Crippen LogP contribution in [0.2, 0.25) is 0 Å². The average molecular weight is 807 g/mol. The fraction of sp³-hybridized carbons (Fsp3) is 0.0339. The first kappa shape index (κ1) is 37.8. The van der Waals surface area contributed by atoms with Crippen LogP contribution in [-0.2, 0) is 5.41 Å². The van der Waals surface area contributed by atoms with Crippen LogP contribution >= 0.6 is 0 Å². The predicted molar refractivity (Wildman–Crippen MR) is 259 cm³/mol. The van der Waals surface area contributed by atoms with Crippen molar-refractivity contribution in [2.45, 2.75) is 12.3 Å². The third-order valence-electron chi connectivity index (χ3n) is 12.3. The summed E-state index contributed by atoms with van der Waals surface area (Å²) in [6.45, 7) is 2.16. The first-order valence-corrected chi connectivity index (χ1v) is 21.4. The first-order chi connectivity index (χ1) is 31.2. The number of fused-ring (bicyclic) bond motifs is 3. The molecule has 0 bridgehead atoms. The molecule has 0 N–H and O–H groups in total. The molecular formula is C59H42N4. The van der Waals surface area contributed by atoms with Crippen molar-refractivity contribution in [3.8, 4) is 51.0 Å². The molecule has 4 nitrogen and oxygen atoms in total. The summed E-state index contributed by atoms with van der Waals surface area (Å²) >= 11 is 0. The van der Waals surface area contributed by atoms with Gasteiger partial charge in [0.15, 0.2) is 17.5 Å². The van der Waals surface area contributed by atoms with Gasteiger partial charge in [-0.05, 0) is 59.0 Å². The summed E-state index contributed by atoms with van der Waals surface area (Å²) in [7, 11) is 0. The van der Waals surface area contributed by atoms with Crippen LogP contribution in [0.5, 0.6) is 0 Å². The summed E-state index contributed by atoms with van der Waals surface area (Å²) < 4.78 is 2.41. The van der Waals surface area contributed by atoms with Crippen LogP contribution in [0.3, 0.4) is 0 Å². The van der Waals surface area contributed by atoms with E-state index in [1.54, 1.807) is 0 Å². The Kier molecular flexibility index (Phi) is 9.59. The molecule has 0 radical (unpaired) electrons. The Hall–Kier alpha value is -8.21. The number of hydrogen-bond acceptors (Lipinski definition) is 3. The molecule has 63 heavy (non-hydrogen) atoms. The molecule has 0 aliphatic carbocycles. The maximum absolute atomic E-state index is 5.29. The highest BCUT2D eigenvalue weighted by molar-refractivity contribution is 6.10. The van der Waals surface area contributed by atoms with Gasteiger partial charge in [-0.2, -0.15) is 0 Å². The van der Waals surface area contributed by atoms with Crippen LogP contribution in [0.4, 0.5) is 0 Å². The standard InChI is InChI=1S/C59H42N4/c1-41-34-39-53-51(40-41)49-30-17-18-32-52(49)63(53)54-33-19-31-50(58-61-56(43-20-7-2-8-21-43)60-57(62-58)44-22-9-3-10-23-44)55(54)42-35-37-48(38-36-42)59(45-24-11-4-12-25-45,46-26-13-5-14-27-46)47-28-15-6-16-29-47/h2-40H,1H3. The molecule has 2 aromatic heterocycles. The molecule has 0 atom stereocenters. The second kappa shape index (κ2) is 16.0. The first-order valence-electron chi connectivity index (χ1n) is 21.4. The van der Waals surface area contributed by atoms with E-state index in [4.69, 9.17) is 15.0 Å². The van der Waals surface area contributed by atoms with E-state index in [-0.39, 0.29) is 0 Å². The molecule has 0 unspecified atom stereocenters. The molecule has 11 rings (SSSR count). The number of benzene rings is 9. The largest absolute Gasteiger partial charge is 0.309 e. The van der Waals surface area contributed by atoms with E-state index < -0.39 is 5.41 Å². The van der Waals surface area contributed by atoms with Crippen molar-refractivity contribution in [1.82, 2.24) is 19.5 Å². The van der Waals surface area contributed by atoms with E-state index in [1.807, 2.05) is 36.4 Å². The highest BCUT2D eigenvalue weighted by Gasteiger charge is 2.38. The quantitative estimate of drug-likeness (QED) is 0.136. The lowest BCUT2D eigenvalue weighted by molar-refractivity contribution is 0.745. The summed E-state index contributed by atoms with van der Waals surface area (Å²) in [5.74, 6) is 1.85. The molecule has 2 heterocycles. The zero-order valence-electron chi connectivity index (χ0n) is 34.8. The van der Waals surface area contributed by atoms with Gasteiger partial charge in [0, 0.05) is 33.0 Å². The van der Waals surface area contributed by atoms with Crippen LogP contribution in [0.25, 0.3) is 72.8 Å². The average Bonchev–Trinajstić information content (AvgIpc) is 3.69. The Bertz CT molecular complexity index is 3210. The predicted octanol–water partition coefficient (Wildman–Crippen LogP) is 14.3. The fourth-order valence-electron chi connectivity index (χ4n) is 9.44. The van der Waals surface area contributed by atoms with Gasteiger partial charge in [-0.15, -0.1) is 0 Å². The molecule has 9 aromatic carbocycles. The van der Waals surface area contributed by atoms with Crippen LogP contribution in [0.1, 0.15) is 27.8 Å². The zero-order valence-corrected chi connectivity index (χ0v) is 34.8. The molecule has 0 amide bonds. The van der Waals surface area contributed by atoms with Gasteiger partial charge in [0.1, 0.15) is 0 Å². The maximum Gasteiger partial charge on any atom is 0.164 e. The number of aromatic nitrogens is 4. The smallest absolute Gasteiger partial charge is 0.164 e. The molecule has 11 aromatic rings. The van der Waals surface area contributed by atoms with Crippen LogP contribution in [0, 0.1) is 6.92 Å². The van der Waals surface area contributed by atoms with Crippen molar-refractivity contribution in [3.05, 3.63) is 264 Å². The van der Waals surface area contributed by atoms with E-state index in [2.05, 4.69) is 212 Å². The topological polar surface area (TPSA) is 43.6 Å². The summed E-state index contributed by atoms with van der Waals surface area (Å²) in [6.07, 6.45) is 0. The van der Waals surface area contributed by atoms with E-state index in [0.717, 1.165) is 44.5 Å². The van der Waals surface area contributed by atoms with E-state index >= 15 is 0 Å². The molecule has 4 heteroatoms. The molecular weight excluding hydrogens is 765 g/mol. The van der Waals surface area contributed by atoms with Gasteiger partial charge in [-0.1, -0.05) is 218 Å². The van der Waals surface area contributed by atoms with E-state index in [0.29, 0.717) is 17.5 Å². The number of para-hydroxylation sites is 1. The van der Waals surface area contributed by atoms with Gasteiger partial charge in [-0.25, -0.2) is 15.0 Å². The number of rotatable bonds is 9. The summed E-state index contributed by atoms with van der Waals surface area (Å²) in [4.78, 5) is 15.6. The van der Waals surface area contributed by atoms with Crippen molar-refractivity contribution in [3.63, 3.8) is 0 Å². The third kappa shape index (κ3) is 6.61. The number of nitrogens with zero attached hydrogens (tertiary/aromatic N) is 4. The second-order valence-electron chi connectivity index (χ2n) is 16.0. The molecule has 0 aliphatic rings. The second-order valence-corrected chi connectivity index (χ2v) is 16.0. The fourth-order valence-corrected chi connectivity index (χ4v) is 9.44. The Morgan fingerprint density at radius 2 is 0.810 bits per heavy atom. The maximum atomic E-state index is 5.29. The lowest BCUT2D eigenvalue weighted by atomic mass is 9.65. The molecule has 0 saturated carbocycles. The van der Waals surface area contributed by atoms with E-state index in [1.165, 1.54) is 38.6 Å². The van der Waals surface area contributed by atoms with Crippen LogP contribution in [-0.4, -0.2) is 19.5 Å². The van der Waals surface area contributed by atoms with Gasteiger partial charge in [-0.3, -0.25) is 0 Å². The van der Waals surface area contributed by atoms with Crippen LogP contribution in [0.15, 0.2) is 237 Å². The van der Waals surface area contributed by atoms with Crippen molar-refractivity contribution in [2.24, 2.45) is 0 Å². The van der Waals surface area contributed by atoms with Crippen molar-refractivity contribution in [1.29, 1.82) is 0 Å². The molecule has 0 fully saturated rings. The lowest BCUT2D eigenvalue weighted by Crippen LogP contribution is -2.30. The van der Waals surface area contributed by atoms with Crippen molar-refractivity contribution < 1.29 is 0 Å². The minimum Gasteiger partial charge on any atom is -0.309 e. The SMILES string of the molecule is Cc1ccc2c(c1)c1ccccc1n2-c1cccc(-c2nc(-c3ccccc3)nc(-c3ccccc3)n2)c1-c1ccc(C(c2ccccc2)(c2ccccc2)c2ccccc2)cc1. The molecule has 0 spiro atoms. The molecule has 298 valence electrons. The minimum absolute atomic E-state index is 0.585. The molecule has 0 saturated heterocycles. The van der Waals surface area contributed by atoms with Crippen molar-refractivity contribution >= 4 is 21.8 Å². The Morgan fingerprint density at radius 1 is 0.349 bits per heavy atom. The lowest BCUT2D eigenvalue weighted by Gasteiger charge is -2.37. The molecule has 0 aliphatic heterocycles. The highest BCUT2D eigenvalue weighted by atomic mass is 15.0. The Labute approximate surface area is 367 Å². The van der Waals surface area contributed by atoms with E-state index in [9.17, 15) is 0 Å².